The third kappa shape index (κ3) is 5.51. The molecule has 0 bridgehead atoms. The highest BCUT2D eigenvalue weighted by Gasteiger charge is 2.19. The Morgan fingerprint density at radius 1 is 0.967 bits per heavy atom. The monoisotopic (exact) mass is 411 g/mol. The van der Waals surface area contributed by atoms with Gasteiger partial charge in [-0.25, -0.2) is 9.59 Å². The molecule has 0 aliphatic rings. The smallest absolute Gasteiger partial charge is 0.338 e. The number of ether oxygens (including phenoxy) is 2. The summed E-state index contributed by atoms with van der Waals surface area (Å²) >= 11 is 0. The number of benzene rings is 2. The molecule has 0 radical (unpaired) electrons. The number of amides is 1. The first-order chi connectivity index (χ1) is 14.3. The zero-order valence-electron chi connectivity index (χ0n) is 16.7. The zero-order valence-corrected chi connectivity index (χ0v) is 16.7. The van der Waals surface area contributed by atoms with Gasteiger partial charge in [0.15, 0.2) is 11.5 Å². The second-order valence-electron chi connectivity index (χ2n) is 6.15. The molecule has 2 aromatic rings. The number of rotatable bonds is 7. The number of esters is 2. The van der Waals surface area contributed by atoms with Gasteiger partial charge in [0.05, 0.1) is 31.9 Å². The first-order valence-corrected chi connectivity index (χ1v) is 8.78. The molecule has 0 saturated carbocycles. The number of nitrogens with one attached hydrogen (secondary N) is 1. The van der Waals surface area contributed by atoms with Gasteiger partial charge in [0.2, 0.25) is 0 Å². The Morgan fingerprint density at radius 2 is 1.60 bits per heavy atom. The summed E-state index contributed by atoms with van der Waals surface area (Å²) in [5, 5.41) is 2.56. The predicted molar refractivity (Wildman–Crippen MR) is 110 cm³/mol. The molecule has 156 valence electrons. The van der Waals surface area contributed by atoms with Gasteiger partial charge in [-0.1, -0.05) is 0 Å². The average molecular weight is 411 g/mol. The number of methoxy groups -OCH3 is 2. The molecule has 0 atom stereocenters. The van der Waals surface area contributed by atoms with Crippen LogP contribution in [0.5, 0.6) is 0 Å². The summed E-state index contributed by atoms with van der Waals surface area (Å²) in [7, 11) is 2.44. The van der Waals surface area contributed by atoms with Crippen molar-refractivity contribution in [3.8, 4) is 0 Å². The van der Waals surface area contributed by atoms with E-state index in [0.29, 0.717) is 16.9 Å². The number of aliphatic imine (C=N–C) groups is 1. The number of nitrogens with two attached hydrogens (primary N) is 1. The van der Waals surface area contributed by atoms with Crippen LogP contribution in [0, 0.1) is 0 Å². The average Bonchev–Trinajstić information content (AvgIpc) is 2.74. The maximum atomic E-state index is 12.5. The summed E-state index contributed by atoms with van der Waals surface area (Å²) in [5.41, 5.74) is 6.86. The van der Waals surface area contributed by atoms with E-state index in [0.717, 1.165) is 0 Å². The molecule has 0 aliphatic carbocycles. The standard InChI is InChI=1S/C21H21N3O6/c1-12(25)18(19(26)24-16-7-5-15(22)6-8-16)23-11-14-10-13(20(27)29-2)4-9-17(14)21(28)30-3/h4-10H,11,22H2,1-3H3,(H,24,26). The highest BCUT2D eigenvalue weighted by atomic mass is 16.5. The van der Waals surface area contributed by atoms with E-state index in [1.807, 2.05) is 0 Å². The fraction of sp³-hybridized carbons (Fsp3) is 0.190. The fourth-order valence-electron chi connectivity index (χ4n) is 2.54. The topological polar surface area (TPSA) is 137 Å². The van der Waals surface area contributed by atoms with Crippen molar-refractivity contribution in [2.45, 2.75) is 13.5 Å². The number of ketones is 1. The first kappa shape index (κ1) is 22.3. The van der Waals surface area contributed by atoms with Gasteiger partial charge in [0.1, 0.15) is 0 Å². The lowest BCUT2D eigenvalue weighted by Crippen LogP contribution is -2.28. The van der Waals surface area contributed by atoms with Gasteiger partial charge in [-0.05, 0) is 48.0 Å². The number of nitrogens with zero attached hydrogens (tertiary/aromatic N) is 1. The SMILES string of the molecule is COC(=O)c1ccc(C(=O)OC)c(CN=C(C(C)=O)C(=O)Nc2ccc(N)cc2)c1. The Labute approximate surface area is 172 Å². The number of carbonyl (C=O) groups excluding carboxylic acids is 4. The molecule has 2 rings (SSSR count). The van der Waals surface area contributed by atoms with E-state index in [4.69, 9.17) is 10.5 Å². The van der Waals surface area contributed by atoms with Gasteiger partial charge in [-0.2, -0.15) is 0 Å². The summed E-state index contributed by atoms with van der Waals surface area (Å²) in [5.74, 6) is -2.53. The minimum Gasteiger partial charge on any atom is -0.465 e. The van der Waals surface area contributed by atoms with E-state index in [2.05, 4.69) is 15.0 Å². The Kier molecular flexibility index (Phi) is 7.40. The molecule has 0 fully saturated rings. The third-order valence-electron chi connectivity index (χ3n) is 4.06. The summed E-state index contributed by atoms with van der Waals surface area (Å²) in [6, 6.07) is 10.6. The van der Waals surface area contributed by atoms with E-state index < -0.39 is 23.6 Å². The van der Waals surface area contributed by atoms with Crippen molar-refractivity contribution < 1.29 is 28.7 Å². The fourth-order valence-corrected chi connectivity index (χ4v) is 2.54. The largest absolute Gasteiger partial charge is 0.465 e. The zero-order chi connectivity index (χ0) is 22.3. The van der Waals surface area contributed by atoms with Crippen molar-refractivity contribution in [1.82, 2.24) is 0 Å². The van der Waals surface area contributed by atoms with Gasteiger partial charge < -0.3 is 20.5 Å². The minimum absolute atomic E-state index is 0.149. The molecule has 1 amide bonds. The second-order valence-corrected chi connectivity index (χ2v) is 6.15. The Morgan fingerprint density at radius 3 is 2.17 bits per heavy atom. The van der Waals surface area contributed by atoms with Crippen LogP contribution in [0.25, 0.3) is 0 Å². The normalized spacial score (nSPS) is 10.8. The highest BCUT2D eigenvalue weighted by Crippen LogP contribution is 2.16. The number of anilines is 2. The van der Waals surface area contributed by atoms with Crippen LogP contribution in [0.1, 0.15) is 33.2 Å². The molecular formula is C21H21N3O6. The summed E-state index contributed by atoms with van der Waals surface area (Å²) < 4.78 is 9.41. The van der Waals surface area contributed by atoms with Gasteiger partial charge in [0.25, 0.3) is 5.91 Å². The maximum Gasteiger partial charge on any atom is 0.338 e. The number of hydrogen-bond acceptors (Lipinski definition) is 8. The predicted octanol–water partition coefficient (Wildman–Crippen LogP) is 2.01. The van der Waals surface area contributed by atoms with Crippen molar-refractivity contribution >= 4 is 40.7 Å². The van der Waals surface area contributed by atoms with Crippen LogP contribution in [-0.4, -0.2) is 43.6 Å². The van der Waals surface area contributed by atoms with Crippen molar-refractivity contribution in [2.24, 2.45) is 4.99 Å². The van der Waals surface area contributed by atoms with Gasteiger partial charge in [0, 0.05) is 18.3 Å². The van der Waals surface area contributed by atoms with Crippen molar-refractivity contribution in [3.63, 3.8) is 0 Å². The summed E-state index contributed by atoms with van der Waals surface area (Å²) in [6.07, 6.45) is 0. The summed E-state index contributed by atoms with van der Waals surface area (Å²) in [4.78, 5) is 52.4. The maximum absolute atomic E-state index is 12.5. The molecule has 0 heterocycles. The minimum atomic E-state index is -0.712. The van der Waals surface area contributed by atoms with Crippen molar-refractivity contribution in [2.75, 3.05) is 25.3 Å². The number of Topliss-reactive ketones (excluding diaryl/α,β-unsaturated/α-hetero) is 1. The third-order valence-corrected chi connectivity index (χ3v) is 4.06. The van der Waals surface area contributed by atoms with Crippen molar-refractivity contribution in [1.29, 1.82) is 0 Å². The molecule has 0 aliphatic heterocycles. The van der Waals surface area contributed by atoms with Gasteiger partial charge in [-0.15, -0.1) is 0 Å². The van der Waals surface area contributed by atoms with Crippen LogP contribution in [-0.2, 0) is 25.6 Å². The van der Waals surface area contributed by atoms with E-state index in [9.17, 15) is 19.2 Å². The van der Waals surface area contributed by atoms with E-state index >= 15 is 0 Å². The molecule has 9 heteroatoms. The molecule has 9 nitrogen and oxygen atoms in total. The second kappa shape index (κ2) is 9.97. The number of nitrogen functional groups attached to an aromatic ring is 1. The molecule has 30 heavy (non-hydrogen) atoms. The van der Waals surface area contributed by atoms with Crippen LogP contribution >= 0.6 is 0 Å². The van der Waals surface area contributed by atoms with Crippen LogP contribution < -0.4 is 11.1 Å². The van der Waals surface area contributed by atoms with Crippen molar-refractivity contribution in [3.05, 3.63) is 59.2 Å². The molecule has 3 N–H and O–H groups in total. The molecule has 2 aromatic carbocycles. The molecular weight excluding hydrogens is 390 g/mol. The van der Waals surface area contributed by atoms with Gasteiger partial charge in [-0.3, -0.25) is 14.6 Å². The van der Waals surface area contributed by atoms with Crippen LogP contribution in [0.3, 0.4) is 0 Å². The molecule has 0 saturated heterocycles. The summed E-state index contributed by atoms with van der Waals surface area (Å²) in [6.45, 7) is 0.993. The molecule has 0 unspecified atom stereocenters. The Hall–Kier alpha value is -4.01. The van der Waals surface area contributed by atoms with Crippen LogP contribution in [0.4, 0.5) is 11.4 Å². The Balaban J connectivity index is 2.35. The van der Waals surface area contributed by atoms with Crippen LogP contribution in [0.15, 0.2) is 47.5 Å². The van der Waals surface area contributed by atoms with E-state index in [1.165, 1.54) is 39.3 Å². The quantitative estimate of drug-likeness (QED) is 0.308. The molecule has 0 spiro atoms. The number of hydrogen-bond donors (Lipinski definition) is 2. The lowest BCUT2D eigenvalue weighted by molar-refractivity contribution is -0.114. The molecule has 0 aromatic heterocycles. The lowest BCUT2D eigenvalue weighted by atomic mass is 10.0. The Bertz CT molecular complexity index is 1010. The van der Waals surface area contributed by atoms with Gasteiger partial charge >= 0.3 is 11.9 Å². The lowest BCUT2D eigenvalue weighted by Gasteiger charge is -2.10. The first-order valence-electron chi connectivity index (χ1n) is 8.78. The highest BCUT2D eigenvalue weighted by molar-refractivity contribution is 6.67. The van der Waals surface area contributed by atoms with E-state index in [-0.39, 0.29) is 23.4 Å². The van der Waals surface area contributed by atoms with Crippen LogP contribution in [0.2, 0.25) is 0 Å². The number of carbonyl (C=O) groups is 4. The van der Waals surface area contributed by atoms with E-state index in [1.54, 1.807) is 24.3 Å².